The van der Waals surface area contributed by atoms with Gasteiger partial charge in [0, 0.05) is 13.0 Å². The van der Waals surface area contributed by atoms with Gasteiger partial charge in [0.1, 0.15) is 36.5 Å². The molecule has 0 radical (unpaired) electrons. The Labute approximate surface area is 180 Å². The minimum atomic E-state index is -1.13. The molecular weight excluding hydrogens is 407 g/mol. The van der Waals surface area contributed by atoms with Crippen molar-refractivity contribution in [2.75, 3.05) is 19.8 Å². The fraction of sp³-hybridized carbons (Fsp3) is 0.348. The summed E-state index contributed by atoms with van der Waals surface area (Å²) in [6.45, 7) is 0.0916. The number of hydrogen-bond acceptors (Lipinski definition) is 6. The predicted octanol–water partition coefficient (Wildman–Crippen LogP) is 1.84. The van der Waals surface area contributed by atoms with Crippen LogP contribution in [0.4, 0.5) is 4.39 Å². The van der Waals surface area contributed by atoms with Crippen LogP contribution in [-0.4, -0.2) is 64.5 Å². The highest BCUT2D eigenvalue weighted by Gasteiger charge is 2.12. The van der Waals surface area contributed by atoms with Gasteiger partial charge in [0.15, 0.2) is 0 Å². The largest absolute Gasteiger partial charge is 0.491 e. The molecule has 7 nitrogen and oxygen atoms in total. The normalized spacial score (nSPS) is 14.5. The lowest BCUT2D eigenvalue weighted by Gasteiger charge is -2.14. The third kappa shape index (κ3) is 13.8. The van der Waals surface area contributed by atoms with Crippen LogP contribution in [0.1, 0.15) is 12.8 Å². The van der Waals surface area contributed by atoms with Crippen molar-refractivity contribution in [2.24, 2.45) is 0 Å². The molecular formula is C23H27FO7. The van der Waals surface area contributed by atoms with Crippen molar-refractivity contribution >= 4 is 5.97 Å². The summed E-state index contributed by atoms with van der Waals surface area (Å²) in [5.74, 6) is 4.57. The van der Waals surface area contributed by atoms with Crippen molar-refractivity contribution in [1.82, 2.24) is 0 Å². The van der Waals surface area contributed by atoms with E-state index in [1.807, 2.05) is 0 Å². The van der Waals surface area contributed by atoms with E-state index in [1.165, 1.54) is 54.6 Å². The Morgan fingerprint density at radius 1 is 1.03 bits per heavy atom. The molecule has 1 aromatic carbocycles. The molecule has 0 saturated carbocycles. The minimum Gasteiger partial charge on any atom is -0.491 e. The van der Waals surface area contributed by atoms with Crippen LogP contribution in [0.15, 0.2) is 60.7 Å². The summed E-state index contributed by atoms with van der Waals surface area (Å²) in [5, 5.41) is 37.7. The molecule has 0 aliphatic carbocycles. The van der Waals surface area contributed by atoms with Crippen molar-refractivity contribution in [3.63, 3.8) is 0 Å². The number of aliphatic hydroxyl groups is 3. The molecule has 1 rings (SSSR count). The maximum atomic E-state index is 12.8. The monoisotopic (exact) mass is 434 g/mol. The molecule has 0 heterocycles. The van der Waals surface area contributed by atoms with Crippen LogP contribution in [0.2, 0.25) is 0 Å². The number of hydrogen-bond donors (Lipinski definition) is 4. The third-order valence-corrected chi connectivity index (χ3v) is 3.68. The van der Waals surface area contributed by atoms with Crippen LogP contribution >= 0.6 is 0 Å². The predicted molar refractivity (Wildman–Crippen MR) is 113 cm³/mol. The number of carbonyl (C=O) groups is 1. The quantitative estimate of drug-likeness (QED) is 0.213. The van der Waals surface area contributed by atoms with Gasteiger partial charge >= 0.3 is 5.97 Å². The molecule has 0 fully saturated rings. The van der Waals surface area contributed by atoms with Gasteiger partial charge in [-0.05, 0) is 48.9 Å². The second-order valence-corrected chi connectivity index (χ2v) is 6.35. The number of allylic oxidation sites excluding steroid dienone is 4. The van der Waals surface area contributed by atoms with E-state index >= 15 is 0 Å². The number of carboxylic acid groups (broad SMARTS) is 1. The Hall–Kier alpha value is -2.96. The zero-order valence-corrected chi connectivity index (χ0v) is 16.9. The maximum absolute atomic E-state index is 12.8. The minimum absolute atomic E-state index is 0.00583. The molecule has 0 bridgehead atoms. The smallest absolute Gasteiger partial charge is 0.303 e. The molecule has 0 aliphatic heterocycles. The number of halogens is 1. The Kier molecular flexibility index (Phi) is 13.3. The van der Waals surface area contributed by atoms with Gasteiger partial charge in [0.25, 0.3) is 0 Å². The maximum Gasteiger partial charge on any atom is 0.303 e. The molecule has 0 aliphatic rings. The molecule has 0 aromatic heterocycles. The Morgan fingerprint density at radius 2 is 1.74 bits per heavy atom. The number of carboxylic acids is 1. The average molecular weight is 434 g/mol. The second-order valence-electron chi connectivity index (χ2n) is 6.35. The summed E-state index contributed by atoms with van der Waals surface area (Å²) >= 11 is 0. The summed E-state index contributed by atoms with van der Waals surface area (Å²) in [6.07, 6.45) is 6.09. The highest BCUT2D eigenvalue weighted by atomic mass is 19.1. The summed E-state index contributed by atoms with van der Waals surface area (Å²) in [7, 11) is 0. The Balaban J connectivity index is 2.22. The van der Waals surface area contributed by atoms with Gasteiger partial charge in [-0.15, -0.1) is 0 Å². The van der Waals surface area contributed by atoms with Crippen molar-refractivity contribution in [3.05, 3.63) is 66.5 Å². The van der Waals surface area contributed by atoms with Crippen LogP contribution in [0.3, 0.4) is 0 Å². The number of aliphatic carboxylic acids is 1. The SMILES string of the molecule is O=C(O)CCCOC[C@H](O)[C@H](O)/C=C/C=C/C#C/C=C/[C@H](O)COc1ccc(F)cc1. The summed E-state index contributed by atoms with van der Waals surface area (Å²) in [6, 6.07) is 5.47. The zero-order chi connectivity index (χ0) is 22.9. The van der Waals surface area contributed by atoms with E-state index in [-0.39, 0.29) is 32.1 Å². The summed E-state index contributed by atoms with van der Waals surface area (Å²) in [4.78, 5) is 10.3. The molecule has 4 N–H and O–H groups in total. The lowest BCUT2D eigenvalue weighted by atomic mass is 10.2. The van der Waals surface area contributed by atoms with Crippen LogP contribution in [0.25, 0.3) is 0 Å². The Bertz CT molecular complexity index is 790. The first-order valence-electron chi connectivity index (χ1n) is 9.61. The van der Waals surface area contributed by atoms with Crippen molar-refractivity contribution in [1.29, 1.82) is 0 Å². The number of rotatable bonds is 13. The van der Waals surface area contributed by atoms with E-state index in [1.54, 1.807) is 6.08 Å². The van der Waals surface area contributed by atoms with Gasteiger partial charge in [-0.3, -0.25) is 4.79 Å². The zero-order valence-electron chi connectivity index (χ0n) is 16.9. The van der Waals surface area contributed by atoms with Gasteiger partial charge in [0.2, 0.25) is 0 Å². The highest BCUT2D eigenvalue weighted by molar-refractivity contribution is 5.66. The van der Waals surface area contributed by atoms with E-state index in [4.69, 9.17) is 14.6 Å². The second kappa shape index (κ2) is 15.8. The topological polar surface area (TPSA) is 116 Å². The van der Waals surface area contributed by atoms with Gasteiger partial charge in [0.05, 0.1) is 6.61 Å². The highest BCUT2D eigenvalue weighted by Crippen LogP contribution is 2.11. The van der Waals surface area contributed by atoms with Crippen molar-refractivity contribution in [2.45, 2.75) is 31.2 Å². The first-order valence-corrected chi connectivity index (χ1v) is 9.61. The van der Waals surface area contributed by atoms with Gasteiger partial charge in [-0.1, -0.05) is 30.1 Å². The summed E-state index contributed by atoms with van der Waals surface area (Å²) < 4.78 is 23.2. The van der Waals surface area contributed by atoms with E-state index in [0.29, 0.717) is 12.2 Å². The average Bonchev–Trinajstić information content (AvgIpc) is 2.74. The molecule has 0 unspecified atom stereocenters. The molecule has 168 valence electrons. The number of benzene rings is 1. The van der Waals surface area contributed by atoms with Gasteiger partial charge in [-0.2, -0.15) is 0 Å². The van der Waals surface area contributed by atoms with Crippen LogP contribution in [0, 0.1) is 17.7 Å². The van der Waals surface area contributed by atoms with Crippen LogP contribution in [0.5, 0.6) is 5.75 Å². The lowest BCUT2D eigenvalue weighted by Crippen LogP contribution is -2.29. The van der Waals surface area contributed by atoms with E-state index < -0.39 is 24.3 Å². The third-order valence-electron chi connectivity index (χ3n) is 3.68. The lowest BCUT2D eigenvalue weighted by molar-refractivity contribution is -0.137. The molecule has 8 heteroatoms. The standard InChI is InChI=1S/C23H27FO7/c24-18-11-13-20(14-12-18)31-16-19(25)8-5-3-1-2-4-6-9-21(26)22(27)17-30-15-7-10-23(28)29/h2,4-6,8-9,11-14,19,21-22,25-27H,7,10,15-17H2,(H,28,29)/b4-2+,8-5+,9-6+/t19-,21+,22-/m0/s1. The Morgan fingerprint density at radius 3 is 2.45 bits per heavy atom. The van der Waals surface area contributed by atoms with Gasteiger partial charge in [-0.25, -0.2) is 4.39 Å². The molecule has 1 aromatic rings. The van der Waals surface area contributed by atoms with Crippen molar-refractivity contribution < 1.29 is 39.1 Å². The fourth-order valence-electron chi connectivity index (χ4n) is 2.06. The first-order chi connectivity index (χ1) is 14.9. The molecule has 0 spiro atoms. The van der Waals surface area contributed by atoms with E-state index in [9.17, 15) is 24.5 Å². The number of aliphatic hydroxyl groups excluding tert-OH is 3. The van der Waals surface area contributed by atoms with Gasteiger partial charge < -0.3 is 29.9 Å². The van der Waals surface area contributed by atoms with E-state index in [0.717, 1.165) is 0 Å². The molecule has 0 saturated heterocycles. The molecule has 3 atom stereocenters. The van der Waals surface area contributed by atoms with Crippen molar-refractivity contribution in [3.8, 4) is 17.6 Å². The first kappa shape index (κ1) is 26.1. The molecule has 0 amide bonds. The van der Waals surface area contributed by atoms with E-state index in [2.05, 4.69) is 11.8 Å². The van der Waals surface area contributed by atoms with Crippen LogP contribution < -0.4 is 4.74 Å². The fourth-order valence-corrected chi connectivity index (χ4v) is 2.06. The number of ether oxygens (including phenoxy) is 2. The van der Waals surface area contributed by atoms with Crippen LogP contribution in [-0.2, 0) is 9.53 Å². The molecule has 31 heavy (non-hydrogen) atoms. The summed E-state index contributed by atoms with van der Waals surface area (Å²) in [5.41, 5.74) is 0.